The van der Waals surface area contributed by atoms with E-state index in [-0.39, 0.29) is 17.4 Å². The van der Waals surface area contributed by atoms with Gasteiger partial charge in [-0.05, 0) is 43.8 Å². The van der Waals surface area contributed by atoms with E-state index in [2.05, 4.69) is 109 Å². The third-order valence-electron chi connectivity index (χ3n) is 5.06. The Morgan fingerprint density at radius 1 is 0.296 bits per heavy atom. The van der Waals surface area contributed by atoms with Crippen molar-refractivity contribution in [2.24, 2.45) is 0 Å². The van der Waals surface area contributed by atoms with Crippen LogP contribution in [0, 0.1) is 0 Å². The summed E-state index contributed by atoms with van der Waals surface area (Å²) < 4.78 is 0. The van der Waals surface area contributed by atoms with Crippen LogP contribution in [0.25, 0.3) is 43.8 Å². The van der Waals surface area contributed by atoms with E-state index in [1.165, 1.54) is 43.8 Å². The zero-order valence-corrected chi connectivity index (χ0v) is 16.1. The second-order valence-electron chi connectivity index (χ2n) is 6.57. The average Bonchev–Trinajstić information content (AvgIpc) is 2.73. The first-order chi connectivity index (χ1) is 12.9. The lowest BCUT2D eigenvalue weighted by Crippen LogP contribution is -1.90. The van der Waals surface area contributed by atoms with Gasteiger partial charge in [0.2, 0.25) is 0 Å². The lowest BCUT2D eigenvalue weighted by Gasteiger charge is -2.17. The molecule has 0 atom stereocenters. The summed E-state index contributed by atoms with van der Waals surface area (Å²) in [5.74, 6) is 0. The summed E-state index contributed by atoms with van der Waals surface area (Å²) in [6.45, 7) is 0. The first kappa shape index (κ1) is 17.6. The Bertz CT molecular complexity index is 1050. The summed E-state index contributed by atoms with van der Waals surface area (Å²) >= 11 is 0. The Labute approximate surface area is 170 Å². The average molecular weight is 357 g/mol. The zero-order valence-electron chi connectivity index (χ0n) is 15.0. The molecule has 5 rings (SSSR count). The molecule has 125 valence electrons. The highest BCUT2D eigenvalue weighted by atomic mass is 27.0. The molecule has 0 fully saturated rings. The fourth-order valence-electron chi connectivity index (χ4n) is 3.96. The van der Waals surface area contributed by atoms with Crippen molar-refractivity contribution >= 4 is 38.9 Å². The first-order valence-corrected chi connectivity index (χ1v) is 8.98. The summed E-state index contributed by atoms with van der Waals surface area (Å²) in [6.07, 6.45) is 0. The monoisotopic (exact) mass is 357 g/mol. The maximum atomic E-state index is 2.25. The van der Waals surface area contributed by atoms with Gasteiger partial charge in [-0.25, -0.2) is 0 Å². The van der Waals surface area contributed by atoms with Gasteiger partial charge in [0, 0.05) is 17.4 Å². The molecule has 0 N–H and O–H groups in total. The van der Waals surface area contributed by atoms with Crippen LogP contribution in [0.5, 0.6) is 0 Å². The summed E-state index contributed by atoms with van der Waals surface area (Å²) in [5, 5.41) is 5.21. The number of hydrogen-bond donors (Lipinski definition) is 0. The quantitative estimate of drug-likeness (QED) is 0.237. The largest absolute Gasteiger partial charge is 0.0622 e. The Morgan fingerprint density at radius 2 is 0.556 bits per heavy atom. The van der Waals surface area contributed by atoms with Crippen molar-refractivity contribution in [2.75, 3.05) is 0 Å². The molecule has 0 heterocycles. The molecule has 5 aromatic rings. The van der Waals surface area contributed by atoms with E-state index >= 15 is 0 Å². The number of benzene rings is 5. The van der Waals surface area contributed by atoms with Crippen LogP contribution in [0.4, 0.5) is 0 Å². The summed E-state index contributed by atoms with van der Waals surface area (Å²) in [7, 11) is 0. The van der Waals surface area contributed by atoms with Crippen LogP contribution in [-0.4, -0.2) is 17.4 Å². The number of fused-ring (bicyclic) bond motifs is 2. The maximum absolute atomic E-state index is 2.25. The number of rotatable bonds is 2. The standard InChI is InChI=1S/C26H18.Al/c1-3-11-19(12-4-1)25-21-15-7-9-17-23(21)26(20-13-5-2-6-14-20)24-18-10-8-16-22(24)25;/h1-18H;. The van der Waals surface area contributed by atoms with E-state index in [1.807, 2.05) is 0 Å². The van der Waals surface area contributed by atoms with E-state index < -0.39 is 0 Å². The number of hydrogen-bond acceptors (Lipinski definition) is 0. The van der Waals surface area contributed by atoms with Crippen LogP contribution in [0.1, 0.15) is 0 Å². The second-order valence-corrected chi connectivity index (χ2v) is 6.57. The third kappa shape index (κ3) is 2.96. The molecule has 0 amide bonds. The fraction of sp³-hybridized carbons (Fsp3) is 0. The molecular weight excluding hydrogens is 339 g/mol. The van der Waals surface area contributed by atoms with Gasteiger partial charge in [0.05, 0.1) is 0 Å². The van der Waals surface area contributed by atoms with Crippen molar-refractivity contribution < 1.29 is 0 Å². The Morgan fingerprint density at radius 3 is 0.852 bits per heavy atom. The van der Waals surface area contributed by atoms with Gasteiger partial charge in [0.1, 0.15) is 0 Å². The Kier molecular flexibility index (Phi) is 4.82. The molecule has 0 saturated heterocycles. The van der Waals surface area contributed by atoms with Gasteiger partial charge in [0.25, 0.3) is 0 Å². The molecule has 1 heteroatoms. The van der Waals surface area contributed by atoms with E-state index in [0.717, 1.165) is 0 Å². The van der Waals surface area contributed by atoms with Gasteiger partial charge >= 0.3 is 0 Å². The minimum Gasteiger partial charge on any atom is -0.0622 e. The van der Waals surface area contributed by atoms with Gasteiger partial charge in [-0.2, -0.15) is 0 Å². The van der Waals surface area contributed by atoms with Gasteiger partial charge in [-0.15, -0.1) is 0 Å². The van der Waals surface area contributed by atoms with Crippen LogP contribution in [0.3, 0.4) is 0 Å². The molecule has 0 aliphatic carbocycles. The molecule has 5 aromatic carbocycles. The van der Waals surface area contributed by atoms with Crippen LogP contribution < -0.4 is 0 Å². The fourth-order valence-corrected chi connectivity index (χ4v) is 3.96. The zero-order chi connectivity index (χ0) is 17.3. The van der Waals surface area contributed by atoms with Crippen molar-refractivity contribution in [1.82, 2.24) is 0 Å². The van der Waals surface area contributed by atoms with Crippen molar-refractivity contribution in [3.63, 3.8) is 0 Å². The van der Waals surface area contributed by atoms with Gasteiger partial charge in [-0.3, -0.25) is 0 Å². The van der Waals surface area contributed by atoms with Gasteiger partial charge in [0.15, 0.2) is 0 Å². The summed E-state index contributed by atoms with van der Waals surface area (Å²) in [4.78, 5) is 0. The van der Waals surface area contributed by atoms with Crippen molar-refractivity contribution in [2.45, 2.75) is 0 Å². The van der Waals surface area contributed by atoms with Crippen molar-refractivity contribution in [1.29, 1.82) is 0 Å². The highest BCUT2D eigenvalue weighted by Gasteiger charge is 2.15. The topological polar surface area (TPSA) is 0 Å². The van der Waals surface area contributed by atoms with E-state index in [0.29, 0.717) is 0 Å². The summed E-state index contributed by atoms with van der Waals surface area (Å²) in [6, 6.07) is 39.0. The van der Waals surface area contributed by atoms with Gasteiger partial charge in [-0.1, -0.05) is 109 Å². The van der Waals surface area contributed by atoms with E-state index in [1.54, 1.807) is 0 Å². The van der Waals surface area contributed by atoms with E-state index in [4.69, 9.17) is 0 Å². The molecule has 3 radical (unpaired) electrons. The minimum atomic E-state index is 0. The predicted molar refractivity (Wildman–Crippen MR) is 118 cm³/mol. The Balaban J connectivity index is 0.00000180. The smallest absolute Gasteiger partial charge is 0 e. The molecule has 0 aromatic heterocycles. The molecule has 0 nitrogen and oxygen atoms in total. The molecule has 0 unspecified atom stereocenters. The molecule has 0 saturated carbocycles. The van der Waals surface area contributed by atoms with Crippen molar-refractivity contribution in [3.8, 4) is 22.3 Å². The SMILES string of the molecule is [Al].c1ccc(-c2c3ccccc3c(-c3ccccc3)c3ccccc23)cc1. The molecule has 0 bridgehead atoms. The predicted octanol–water partition coefficient (Wildman–Crippen LogP) is 6.95. The molecule has 0 aliphatic heterocycles. The molecular formula is C26H18Al. The van der Waals surface area contributed by atoms with Crippen LogP contribution >= 0.6 is 0 Å². The lowest BCUT2D eigenvalue weighted by atomic mass is 9.86. The maximum Gasteiger partial charge on any atom is 0 e. The Hall–Kier alpha value is -2.85. The van der Waals surface area contributed by atoms with Crippen LogP contribution in [0.15, 0.2) is 109 Å². The molecule has 0 aliphatic rings. The van der Waals surface area contributed by atoms with Crippen molar-refractivity contribution in [3.05, 3.63) is 109 Å². The highest BCUT2D eigenvalue weighted by molar-refractivity contribution is 6.21. The highest BCUT2D eigenvalue weighted by Crippen LogP contribution is 2.43. The second kappa shape index (κ2) is 7.41. The summed E-state index contributed by atoms with van der Waals surface area (Å²) in [5.41, 5.74) is 5.16. The van der Waals surface area contributed by atoms with Crippen LogP contribution in [-0.2, 0) is 0 Å². The van der Waals surface area contributed by atoms with Crippen LogP contribution in [0.2, 0.25) is 0 Å². The first-order valence-electron chi connectivity index (χ1n) is 8.98. The van der Waals surface area contributed by atoms with E-state index in [9.17, 15) is 0 Å². The minimum absolute atomic E-state index is 0. The lowest BCUT2D eigenvalue weighted by molar-refractivity contribution is 1.65. The molecule has 0 spiro atoms. The van der Waals surface area contributed by atoms with Gasteiger partial charge < -0.3 is 0 Å². The normalized spacial score (nSPS) is 10.7. The third-order valence-corrected chi connectivity index (χ3v) is 5.06. The molecule has 27 heavy (non-hydrogen) atoms.